The number of anilines is 2. The van der Waals surface area contributed by atoms with E-state index in [-0.39, 0.29) is 11.9 Å². The Morgan fingerprint density at radius 1 is 1.18 bits per heavy atom. The van der Waals surface area contributed by atoms with Gasteiger partial charge in [0, 0.05) is 20.3 Å². The maximum absolute atomic E-state index is 13.1. The summed E-state index contributed by atoms with van der Waals surface area (Å²) in [4.78, 5) is 15.0. The van der Waals surface area contributed by atoms with Gasteiger partial charge in [-0.25, -0.2) is 0 Å². The van der Waals surface area contributed by atoms with Gasteiger partial charge in [-0.05, 0) is 55.3 Å². The Kier molecular flexibility index (Phi) is 7.86. The first-order valence-electron chi connectivity index (χ1n) is 10.8. The zero-order valence-corrected chi connectivity index (χ0v) is 19.1. The van der Waals surface area contributed by atoms with Crippen LogP contribution in [-0.2, 0) is 11.2 Å². The molecule has 0 aliphatic carbocycles. The average Bonchev–Trinajstić information content (AvgIpc) is 2.81. The maximum Gasteiger partial charge on any atom is 0.248 e. The fraction of sp³-hybridized carbons (Fsp3) is 0.269. The summed E-state index contributed by atoms with van der Waals surface area (Å²) in [5.74, 6) is -0.164. The second-order valence-corrected chi connectivity index (χ2v) is 8.03. The number of benzene rings is 2. The number of allylic oxidation sites excluding steroid dienone is 1. The predicted octanol–water partition coefficient (Wildman–Crippen LogP) is 3.39. The summed E-state index contributed by atoms with van der Waals surface area (Å²) in [5, 5.41) is 28.3. The molecule has 1 aliphatic rings. The van der Waals surface area contributed by atoms with Crippen LogP contribution in [0.15, 0.2) is 66.4 Å². The van der Waals surface area contributed by atoms with Crippen molar-refractivity contribution in [3.63, 3.8) is 0 Å². The summed E-state index contributed by atoms with van der Waals surface area (Å²) >= 11 is 0. The summed E-state index contributed by atoms with van der Waals surface area (Å²) in [6, 6.07) is 16.1. The Labute approximate surface area is 195 Å². The zero-order chi connectivity index (χ0) is 23.8. The van der Waals surface area contributed by atoms with Crippen molar-refractivity contribution in [1.82, 2.24) is 10.2 Å². The SMILES string of the molecule is CC=C/C(=C\N(C)C)C(NCCc1ccc(C#N)cc1)C1Nc2c(C#N)cccc2NC1=O. The number of fused-ring (bicyclic) bond motifs is 1. The Bertz CT molecular complexity index is 1130. The number of nitrogens with one attached hydrogen (secondary N) is 3. The molecule has 2 atom stereocenters. The van der Waals surface area contributed by atoms with Crippen molar-refractivity contribution in [2.75, 3.05) is 31.3 Å². The molecule has 0 spiro atoms. The van der Waals surface area contributed by atoms with Crippen molar-refractivity contribution in [3.05, 3.63) is 83.1 Å². The van der Waals surface area contributed by atoms with E-state index in [2.05, 4.69) is 28.1 Å². The first kappa shape index (κ1) is 23.6. The standard InChI is InChI=1S/C26H28N6O/c1-4-6-21(17-32(2)3)24(29-14-13-18-9-11-19(15-27)12-10-18)25-26(33)30-22-8-5-7-20(16-28)23(22)31-25/h4-12,17,24-25,29,31H,13-14H2,1-3H3,(H,30,33)/b6-4?,21-17+. The van der Waals surface area contributed by atoms with Crippen molar-refractivity contribution < 1.29 is 4.79 Å². The Morgan fingerprint density at radius 3 is 2.58 bits per heavy atom. The highest BCUT2D eigenvalue weighted by Crippen LogP contribution is 2.31. The van der Waals surface area contributed by atoms with Crippen LogP contribution in [0.1, 0.15) is 23.6 Å². The van der Waals surface area contributed by atoms with Gasteiger partial charge in [-0.2, -0.15) is 10.5 Å². The lowest BCUT2D eigenvalue weighted by molar-refractivity contribution is -0.117. The minimum absolute atomic E-state index is 0.164. The molecule has 1 amide bonds. The van der Waals surface area contributed by atoms with E-state index >= 15 is 0 Å². The Morgan fingerprint density at radius 2 is 1.94 bits per heavy atom. The van der Waals surface area contributed by atoms with E-state index in [9.17, 15) is 10.1 Å². The molecule has 7 nitrogen and oxygen atoms in total. The van der Waals surface area contributed by atoms with Gasteiger partial charge in [0.15, 0.2) is 0 Å². The number of carbonyl (C=O) groups is 1. The molecule has 0 aromatic heterocycles. The van der Waals surface area contributed by atoms with Gasteiger partial charge < -0.3 is 20.9 Å². The van der Waals surface area contributed by atoms with Gasteiger partial charge >= 0.3 is 0 Å². The molecule has 1 heterocycles. The summed E-state index contributed by atoms with van der Waals surface area (Å²) in [5.41, 5.74) is 4.39. The zero-order valence-electron chi connectivity index (χ0n) is 19.1. The van der Waals surface area contributed by atoms with Gasteiger partial charge in [-0.15, -0.1) is 0 Å². The molecule has 168 valence electrons. The van der Waals surface area contributed by atoms with Gasteiger partial charge in [-0.1, -0.05) is 30.4 Å². The van der Waals surface area contributed by atoms with Gasteiger partial charge in [-0.3, -0.25) is 4.79 Å². The van der Waals surface area contributed by atoms with Crippen LogP contribution in [0.2, 0.25) is 0 Å². The van der Waals surface area contributed by atoms with Crippen molar-refractivity contribution in [2.24, 2.45) is 0 Å². The highest BCUT2D eigenvalue weighted by atomic mass is 16.2. The highest BCUT2D eigenvalue weighted by Gasteiger charge is 2.35. The van der Waals surface area contributed by atoms with Crippen LogP contribution in [-0.4, -0.2) is 43.5 Å². The van der Waals surface area contributed by atoms with Crippen molar-refractivity contribution in [1.29, 1.82) is 10.5 Å². The molecular weight excluding hydrogens is 412 g/mol. The van der Waals surface area contributed by atoms with Crippen LogP contribution in [0.5, 0.6) is 0 Å². The summed E-state index contributed by atoms with van der Waals surface area (Å²) < 4.78 is 0. The molecule has 33 heavy (non-hydrogen) atoms. The number of amides is 1. The summed E-state index contributed by atoms with van der Waals surface area (Å²) in [7, 11) is 3.88. The molecule has 0 radical (unpaired) electrons. The third-order valence-electron chi connectivity index (χ3n) is 5.34. The van der Waals surface area contributed by atoms with Gasteiger partial charge in [0.05, 0.1) is 34.6 Å². The topological polar surface area (TPSA) is 104 Å². The third-order valence-corrected chi connectivity index (χ3v) is 5.34. The molecule has 0 saturated heterocycles. The van der Waals surface area contributed by atoms with E-state index in [0.717, 1.165) is 17.6 Å². The lowest BCUT2D eigenvalue weighted by Gasteiger charge is -2.34. The second-order valence-electron chi connectivity index (χ2n) is 8.03. The molecule has 0 saturated carbocycles. The Hall–Kier alpha value is -4.07. The first-order chi connectivity index (χ1) is 16.0. The molecule has 2 unspecified atom stereocenters. The maximum atomic E-state index is 13.1. The molecule has 7 heteroatoms. The van der Waals surface area contributed by atoms with E-state index in [0.29, 0.717) is 29.0 Å². The van der Waals surface area contributed by atoms with Crippen LogP contribution in [0, 0.1) is 22.7 Å². The third kappa shape index (κ3) is 5.79. The first-order valence-corrected chi connectivity index (χ1v) is 10.8. The van der Waals surface area contributed by atoms with Crippen molar-refractivity contribution in [2.45, 2.75) is 25.4 Å². The average molecular weight is 441 g/mol. The smallest absolute Gasteiger partial charge is 0.248 e. The number of nitrogens with zero attached hydrogens (tertiary/aromatic N) is 3. The number of para-hydroxylation sites is 1. The largest absolute Gasteiger partial charge is 0.383 e. The van der Waals surface area contributed by atoms with Crippen LogP contribution >= 0.6 is 0 Å². The fourth-order valence-electron chi connectivity index (χ4n) is 3.84. The minimum atomic E-state index is -0.615. The van der Waals surface area contributed by atoms with Gasteiger partial charge in [0.2, 0.25) is 5.91 Å². The van der Waals surface area contributed by atoms with Gasteiger partial charge in [0.25, 0.3) is 0 Å². The predicted molar refractivity (Wildman–Crippen MR) is 130 cm³/mol. The van der Waals surface area contributed by atoms with E-state index in [1.807, 2.05) is 56.4 Å². The molecule has 2 aromatic carbocycles. The van der Waals surface area contributed by atoms with Crippen molar-refractivity contribution >= 4 is 17.3 Å². The van der Waals surface area contributed by atoms with Crippen LogP contribution < -0.4 is 16.0 Å². The molecule has 0 fully saturated rings. The van der Waals surface area contributed by atoms with Crippen LogP contribution in [0.25, 0.3) is 0 Å². The normalized spacial score (nSPS) is 16.2. The fourth-order valence-corrected chi connectivity index (χ4v) is 3.84. The van der Waals surface area contributed by atoms with Crippen LogP contribution in [0.3, 0.4) is 0 Å². The minimum Gasteiger partial charge on any atom is -0.383 e. The van der Waals surface area contributed by atoms with Gasteiger partial charge in [0.1, 0.15) is 12.1 Å². The van der Waals surface area contributed by atoms with Crippen LogP contribution in [0.4, 0.5) is 11.4 Å². The molecule has 0 bridgehead atoms. The summed E-state index contributed by atoms with van der Waals surface area (Å²) in [6.07, 6.45) is 6.65. The monoisotopic (exact) mass is 440 g/mol. The van der Waals surface area contributed by atoms with E-state index in [1.165, 1.54) is 0 Å². The number of carbonyl (C=O) groups excluding carboxylic acids is 1. The molecule has 2 aromatic rings. The van der Waals surface area contributed by atoms with E-state index in [4.69, 9.17) is 5.26 Å². The van der Waals surface area contributed by atoms with E-state index in [1.54, 1.807) is 30.3 Å². The quantitative estimate of drug-likeness (QED) is 0.544. The summed E-state index contributed by atoms with van der Waals surface area (Å²) in [6.45, 7) is 2.56. The van der Waals surface area contributed by atoms with Crippen molar-refractivity contribution in [3.8, 4) is 12.1 Å². The lowest BCUT2D eigenvalue weighted by Crippen LogP contribution is -2.54. The molecule has 1 aliphatic heterocycles. The number of rotatable bonds is 8. The Balaban J connectivity index is 1.88. The number of hydrogen-bond acceptors (Lipinski definition) is 6. The molecule has 3 N–H and O–H groups in total. The molecular formula is C26H28N6O. The second kappa shape index (κ2) is 11.0. The molecule has 3 rings (SSSR count). The number of hydrogen-bond donors (Lipinski definition) is 3. The van der Waals surface area contributed by atoms with E-state index < -0.39 is 6.04 Å². The lowest BCUT2D eigenvalue weighted by atomic mass is 9.95. The highest BCUT2D eigenvalue weighted by molar-refractivity contribution is 6.04. The number of nitriles is 2.